The number of rotatable bonds is 11. The molecule has 3 rings (SSSR count). The number of carbonyl (C=O) groups is 2. The number of ether oxygens (including phenoxy) is 5. The highest BCUT2D eigenvalue weighted by Gasteiger charge is 2.46. The van der Waals surface area contributed by atoms with Crippen LogP contribution in [-0.4, -0.2) is 69.4 Å². The van der Waals surface area contributed by atoms with Crippen LogP contribution in [0.4, 0.5) is 0 Å². The zero-order valence-electron chi connectivity index (χ0n) is 21.5. The molecule has 2 aromatic carbocycles. The van der Waals surface area contributed by atoms with Gasteiger partial charge in [0.1, 0.15) is 11.5 Å². The van der Waals surface area contributed by atoms with Crippen molar-refractivity contribution in [1.29, 1.82) is 0 Å². The second kappa shape index (κ2) is 11.8. The van der Waals surface area contributed by atoms with E-state index < -0.39 is 17.7 Å². The predicted octanol–water partition coefficient (Wildman–Crippen LogP) is 3.96. The summed E-state index contributed by atoms with van der Waals surface area (Å²) in [6, 6.07) is 9.08. The first-order chi connectivity index (χ1) is 17.3. The van der Waals surface area contributed by atoms with E-state index in [0.717, 1.165) is 0 Å². The van der Waals surface area contributed by atoms with Crippen LogP contribution in [-0.2, 0) is 14.3 Å². The third-order valence-electron chi connectivity index (χ3n) is 5.90. The van der Waals surface area contributed by atoms with Crippen molar-refractivity contribution >= 4 is 17.4 Å². The van der Waals surface area contributed by atoms with Gasteiger partial charge in [-0.25, -0.2) is 0 Å². The predicted molar refractivity (Wildman–Crippen MR) is 134 cm³/mol. The van der Waals surface area contributed by atoms with Gasteiger partial charge in [0.15, 0.2) is 11.5 Å². The number of carbonyl (C=O) groups excluding carboxylic acids is 2. The molecule has 1 aliphatic heterocycles. The van der Waals surface area contributed by atoms with Gasteiger partial charge in [0.05, 0.1) is 46.2 Å². The number of hydrogen-bond acceptors (Lipinski definition) is 8. The van der Waals surface area contributed by atoms with Crippen molar-refractivity contribution in [3.05, 3.63) is 53.1 Å². The molecule has 9 heteroatoms. The fourth-order valence-electron chi connectivity index (χ4n) is 4.17. The number of Topliss-reactive ketones (excluding diaryl/α,β-unsaturated/α-hetero) is 1. The standard InChI is InChI=1S/C27H33NO8/c1-16(2)36-13-7-12-28-23(18-14-20(33-4)26(35-6)21(15-18)34-5)22(25(30)27(28)31)24(29)17-8-10-19(32-3)11-9-17/h8-11,14-16,23,29H,7,12-13H2,1-6H3/b24-22+. The molecule has 2 aromatic rings. The molecular weight excluding hydrogens is 466 g/mol. The molecule has 1 heterocycles. The van der Waals surface area contributed by atoms with Crippen LogP contribution in [0, 0.1) is 0 Å². The first kappa shape index (κ1) is 26.9. The van der Waals surface area contributed by atoms with Gasteiger partial charge >= 0.3 is 0 Å². The number of methoxy groups -OCH3 is 4. The largest absolute Gasteiger partial charge is 0.507 e. The van der Waals surface area contributed by atoms with Crippen molar-refractivity contribution in [3.8, 4) is 23.0 Å². The van der Waals surface area contributed by atoms with Crippen LogP contribution in [0.25, 0.3) is 5.76 Å². The van der Waals surface area contributed by atoms with E-state index in [1.54, 1.807) is 36.4 Å². The Morgan fingerprint density at radius 2 is 1.56 bits per heavy atom. The Bertz CT molecular complexity index is 1100. The topological polar surface area (TPSA) is 104 Å². The SMILES string of the molecule is COc1ccc(/C(O)=C2\C(=O)C(=O)N(CCCOC(C)C)C2c2cc(OC)c(OC)c(OC)c2)cc1. The molecule has 1 saturated heterocycles. The van der Waals surface area contributed by atoms with Gasteiger partial charge in [-0.1, -0.05) is 0 Å². The number of nitrogens with zero attached hydrogens (tertiary/aromatic N) is 1. The lowest BCUT2D eigenvalue weighted by molar-refractivity contribution is -0.140. The van der Waals surface area contributed by atoms with Gasteiger partial charge in [-0.05, 0) is 62.2 Å². The second-order valence-electron chi connectivity index (χ2n) is 8.45. The molecule has 36 heavy (non-hydrogen) atoms. The van der Waals surface area contributed by atoms with E-state index in [9.17, 15) is 14.7 Å². The minimum absolute atomic E-state index is 0.0239. The average Bonchev–Trinajstić information content (AvgIpc) is 3.14. The first-order valence-corrected chi connectivity index (χ1v) is 11.6. The Labute approximate surface area is 211 Å². The molecule has 1 fully saturated rings. The molecule has 0 spiro atoms. The first-order valence-electron chi connectivity index (χ1n) is 11.6. The van der Waals surface area contributed by atoms with E-state index in [1.807, 2.05) is 13.8 Å². The summed E-state index contributed by atoms with van der Waals surface area (Å²) in [5.74, 6) is -0.0505. The number of ketones is 1. The van der Waals surface area contributed by atoms with Crippen LogP contribution in [0.1, 0.15) is 37.4 Å². The lowest BCUT2D eigenvalue weighted by atomic mass is 9.94. The van der Waals surface area contributed by atoms with E-state index in [1.165, 1.54) is 33.3 Å². The van der Waals surface area contributed by atoms with Gasteiger partial charge in [-0.15, -0.1) is 0 Å². The average molecular weight is 500 g/mol. The summed E-state index contributed by atoms with van der Waals surface area (Å²) >= 11 is 0. The molecule has 0 saturated carbocycles. The lowest BCUT2D eigenvalue weighted by Crippen LogP contribution is -2.31. The Kier molecular flexibility index (Phi) is 8.82. The van der Waals surface area contributed by atoms with Gasteiger partial charge < -0.3 is 33.7 Å². The summed E-state index contributed by atoms with van der Waals surface area (Å²) in [5, 5.41) is 11.2. The zero-order chi connectivity index (χ0) is 26.4. The van der Waals surface area contributed by atoms with E-state index in [-0.39, 0.29) is 24.0 Å². The molecule has 1 atom stereocenters. The van der Waals surface area contributed by atoms with Gasteiger partial charge in [-0.2, -0.15) is 0 Å². The molecule has 0 bridgehead atoms. The van der Waals surface area contributed by atoms with Gasteiger partial charge in [0.2, 0.25) is 5.75 Å². The second-order valence-corrected chi connectivity index (χ2v) is 8.45. The third kappa shape index (κ3) is 5.41. The maximum absolute atomic E-state index is 13.3. The molecule has 1 N–H and O–H groups in total. The summed E-state index contributed by atoms with van der Waals surface area (Å²) in [7, 11) is 6.00. The van der Waals surface area contributed by atoms with E-state index in [2.05, 4.69) is 0 Å². The molecule has 1 amide bonds. The fraction of sp³-hybridized carbons (Fsp3) is 0.407. The van der Waals surface area contributed by atoms with Gasteiger partial charge in [0, 0.05) is 18.7 Å². The van der Waals surface area contributed by atoms with Crippen molar-refractivity contribution in [2.45, 2.75) is 32.4 Å². The molecular formula is C27H33NO8. The van der Waals surface area contributed by atoms with Crippen LogP contribution in [0.5, 0.6) is 23.0 Å². The maximum Gasteiger partial charge on any atom is 0.295 e. The van der Waals surface area contributed by atoms with Crippen molar-refractivity contribution in [1.82, 2.24) is 4.90 Å². The number of benzene rings is 2. The summed E-state index contributed by atoms with van der Waals surface area (Å²) in [6.45, 7) is 4.52. The Morgan fingerprint density at radius 3 is 2.06 bits per heavy atom. The molecule has 1 unspecified atom stereocenters. The third-order valence-corrected chi connectivity index (χ3v) is 5.90. The van der Waals surface area contributed by atoms with Crippen LogP contribution in [0.2, 0.25) is 0 Å². The van der Waals surface area contributed by atoms with Crippen LogP contribution in [0.15, 0.2) is 42.0 Å². The smallest absolute Gasteiger partial charge is 0.295 e. The monoisotopic (exact) mass is 499 g/mol. The normalized spacial score (nSPS) is 17.0. The lowest BCUT2D eigenvalue weighted by Gasteiger charge is -2.26. The molecule has 9 nitrogen and oxygen atoms in total. The van der Waals surface area contributed by atoms with E-state index in [0.29, 0.717) is 47.2 Å². The highest BCUT2D eigenvalue weighted by molar-refractivity contribution is 6.46. The van der Waals surface area contributed by atoms with E-state index >= 15 is 0 Å². The van der Waals surface area contributed by atoms with Gasteiger partial charge in [0.25, 0.3) is 11.7 Å². The zero-order valence-corrected chi connectivity index (χ0v) is 21.5. The quantitative estimate of drug-likeness (QED) is 0.215. The number of amides is 1. The maximum atomic E-state index is 13.3. The Morgan fingerprint density at radius 1 is 0.944 bits per heavy atom. The number of likely N-dealkylation sites (tertiary alicyclic amines) is 1. The number of hydrogen-bond donors (Lipinski definition) is 1. The minimum atomic E-state index is -0.875. The molecule has 0 aromatic heterocycles. The summed E-state index contributed by atoms with van der Waals surface area (Å²) < 4.78 is 27.2. The van der Waals surface area contributed by atoms with Crippen molar-refractivity contribution < 1.29 is 38.4 Å². The highest BCUT2D eigenvalue weighted by Crippen LogP contribution is 2.45. The Balaban J connectivity index is 2.15. The molecule has 194 valence electrons. The van der Waals surface area contributed by atoms with Gasteiger partial charge in [-0.3, -0.25) is 9.59 Å². The van der Waals surface area contributed by atoms with Crippen molar-refractivity contribution in [2.24, 2.45) is 0 Å². The van der Waals surface area contributed by atoms with E-state index in [4.69, 9.17) is 23.7 Å². The number of aliphatic hydroxyl groups excluding tert-OH is 1. The minimum Gasteiger partial charge on any atom is -0.507 e. The molecule has 1 aliphatic rings. The van der Waals surface area contributed by atoms with Crippen LogP contribution >= 0.6 is 0 Å². The Hall–Kier alpha value is -3.72. The number of aliphatic hydroxyl groups is 1. The molecule has 0 radical (unpaired) electrons. The summed E-state index contributed by atoms with van der Waals surface area (Å²) in [5.41, 5.74) is 0.891. The summed E-state index contributed by atoms with van der Waals surface area (Å²) in [4.78, 5) is 27.9. The van der Waals surface area contributed by atoms with Crippen molar-refractivity contribution in [3.63, 3.8) is 0 Å². The van der Waals surface area contributed by atoms with Crippen molar-refractivity contribution in [2.75, 3.05) is 41.6 Å². The summed E-state index contributed by atoms with van der Waals surface area (Å²) in [6.07, 6.45) is 0.552. The highest BCUT2D eigenvalue weighted by atomic mass is 16.5. The van der Waals surface area contributed by atoms with Crippen LogP contribution < -0.4 is 18.9 Å². The fourth-order valence-corrected chi connectivity index (χ4v) is 4.17. The van der Waals surface area contributed by atoms with Crippen LogP contribution in [0.3, 0.4) is 0 Å². The molecule has 0 aliphatic carbocycles.